The number of hydrogen-bond donors (Lipinski definition) is 2. The van der Waals surface area contributed by atoms with Crippen molar-refractivity contribution in [2.75, 3.05) is 13.7 Å². The van der Waals surface area contributed by atoms with Gasteiger partial charge in [0.25, 0.3) is 0 Å². The molecule has 6 nitrogen and oxygen atoms in total. The number of halogens is 2. The number of nitrogens with zero attached hydrogens (tertiary/aromatic N) is 2. The van der Waals surface area contributed by atoms with Crippen molar-refractivity contribution in [3.05, 3.63) is 48.0 Å². The number of carbonyl (C=O) groups excluding carboxylic acids is 1. The highest BCUT2D eigenvalue weighted by Crippen LogP contribution is 2.23. The van der Waals surface area contributed by atoms with E-state index in [0.717, 1.165) is 36.5 Å². The first-order chi connectivity index (χ1) is 11.7. The van der Waals surface area contributed by atoms with E-state index in [1.54, 1.807) is 13.3 Å². The Morgan fingerprint density at radius 2 is 2.12 bits per heavy atom. The maximum atomic E-state index is 12.5. The van der Waals surface area contributed by atoms with E-state index in [1.807, 2.05) is 42.1 Å². The molecule has 2 heterocycles. The van der Waals surface area contributed by atoms with Crippen LogP contribution in [-0.2, 0) is 11.8 Å². The summed E-state index contributed by atoms with van der Waals surface area (Å²) in [6, 6.07) is 7.73. The fourth-order valence-electron chi connectivity index (χ4n) is 3.12. The van der Waals surface area contributed by atoms with Crippen LogP contribution in [0, 0.1) is 0 Å². The second-order valence-corrected chi connectivity index (χ2v) is 6.17. The lowest BCUT2D eigenvalue weighted by Crippen LogP contribution is -2.35. The van der Waals surface area contributed by atoms with Gasteiger partial charge in [0.2, 0.25) is 5.91 Å². The zero-order valence-corrected chi connectivity index (χ0v) is 16.6. The van der Waals surface area contributed by atoms with Crippen LogP contribution in [-0.4, -0.2) is 35.2 Å². The Morgan fingerprint density at radius 1 is 1.38 bits per heavy atom. The Hall–Kier alpha value is -1.76. The van der Waals surface area contributed by atoms with Crippen LogP contribution in [0.15, 0.2) is 36.7 Å². The zero-order valence-electron chi connectivity index (χ0n) is 15.0. The van der Waals surface area contributed by atoms with Gasteiger partial charge in [-0.15, -0.1) is 24.8 Å². The summed E-state index contributed by atoms with van der Waals surface area (Å²) in [4.78, 5) is 16.9. The van der Waals surface area contributed by atoms with Crippen LogP contribution in [0.2, 0.25) is 0 Å². The SMILES string of the molecule is COc1ccc(C(NC(=O)CC2CCCN2)c2nccn2C)cc1.Cl.Cl. The van der Waals surface area contributed by atoms with E-state index in [0.29, 0.717) is 6.42 Å². The normalized spacial score (nSPS) is 16.9. The van der Waals surface area contributed by atoms with Gasteiger partial charge in [-0.1, -0.05) is 12.1 Å². The third-order valence-corrected chi connectivity index (χ3v) is 4.47. The molecule has 2 atom stereocenters. The van der Waals surface area contributed by atoms with Crippen molar-refractivity contribution in [2.24, 2.45) is 7.05 Å². The molecule has 8 heteroatoms. The predicted molar refractivity (Wildman–Crippen MR) is 106 cm³/mol. The number of ether oxygens (including phenoxy) is 1. The molecular formula is C18H26Cl2N4O2. The van der Waals surface area contributed by atoms with Crippen molar-refractivity contribution < 1.29 is 9.53 Å². The van der Waals surface area contributed by atoms with E-state index in [2.05, 4.69) is 15.6 Å². The average molecular weight is 401 g/mol. The zero-order chi connectivity index (χ0) is 16.9. The molecule has 0 bridgehead atoms. The summed E-state index contributed by atoms with van der Waals surface area (Å²) in [6.45, 7) is 0.999. The van der Waals surface area contributed by atoms with Gasteiger partial charge < -0.3 is 19.9 Å². The Kier molecular flexibility index (Phi) is 8.92. The third-order valence-electron chi connectivity index (χ3n) is 4.47. The smallest absolute Gasteiger partial charge is 0.222 e. The van der Waals surface area contributed by atoms with Crippen molar-refractivity contribution in [3.8, 4) is 5.75 Å². The van der Waals surface area contributed by atoms with Crippen LogP contribution in [0.25, 0.3) is 0 Å². The molecule has 1 aromatic heterocycles. The summed E-state index contributed by atoms with van der Waals surface area (Å²) in [7, 11) is 3.57. The fourth-order valence-corrected chi connectivity index (χ4v) is 3.12. The summed E-state index contributed by atoms with van der Waals surface area (Å²) in [5.41, 5.74) is 0.984. The van der Waals surface area contributed by atoms with Gasteiger partial charge in [0.1, 0.15) is 17.6 Å². The molecule has 1 saturated heterocycles. The quantitative estimate of drug-likeness (QED) is 0.781. The van der Waals surface area contributed by atoms with Gasteiger partial charge >= 0.3 is 0 Å². The number of aryl methyl sites for hydroxylation is 1. The van der Waals surface area contributed by atoms with Gasteiger partial charge in [-0.3, -0.25) is 4.79 Å². The number of benzene rings is 1. The summed E-state index contributed by atoms with van der Waals surface area (Å²) < 4.78 is 7.15. The summed E-state index contributed by atoms with van der Waals surface area (Å²) in [6.07, 6.45) is 6.33. The number of hydrogen-bond acceptors (Lipinski definition) is 4. The minimum atomic E-state index is -0.273. The van der Waals surface area contributed by atoms with Crippen molar-refractivity contribution in [1.29, 1.82) is 0 Å². The standard InChI is InChI=1S/C18H24N4O2.2ClH/c1-22-11-10-20-18(22)17(13-5-7-15(24-2)8-6-13)21-16(23)12-14-4-3-9-19-14;;/h5-8,10-11,14,17,19H,3-4,9,12H2,1-2H3,(H,21,23);2*1H. The molecule has 1 fully saturated rings. The lowest BCUT2D eigenvalue weighted by molar-refractivity contribution is -0.122. The van der Waals surface area contributed by atoms with Gasteiger partial charge in [-0.05, 0) is 37.1 Å². The van der Waals surface area contributed by atoms with Gasteiger partial charge in [-0.25, -0.2) is 4.98 Å². The minimum Gasteiger partial charge on any atom is -0.497 e. The van der Waals surface area contributed by atoms with Gasteiger partial charge in [-0.2, -0.15) is 0 Å². The Balaban J connectivity index is 0.00000169. The second-order valence-electron chi connectivity index (χ2n) is 6.17. The molecule has 0 saturated carbocycles. The molecule has 1 amide bonds. The van der Waals surface area contributed by atoms with E-state index in [1.165, 1.54) is 0 Å². The molecule has 3 rings (SSSR count). The highest BCUT2D eigenvalue weighted by Gasteiger charge is 2.23. The Morgan fingerprint density at radius 3 is 2.65 bits per heavy atom. The predicted octanol–water partition coefficient (Wildman–Crippen LogP) is 2.62. The number of amides is 1. The summed E-state index contributed by atoms with van der Waals surface area (Å²) >= 11 is 0. The first-order valence-corrected chi connectivity index (χ1v) is 8.31. The number of nitrogens with one attached hydrogen (secondary N) is 2. The average Bonchev–Trinajstić information content (AvgIpc) is 3.24. The molecule has 2 N–H and O–H groups in total. The number of carbonyl (C=O) groups is 1. The molecule has 0 aliphatic carbocycles. The molecule has 0 radical (unpaired) electrons. The number of imidazole rings is 1. The van der Waals surface area contributed by atoms with Crippen LogP contribution in [0.1, 0.15) is 36.7 Å². The highest BCUT2D eigenvalue weighted by molar-refractivity contribution is 5.85. The number of methoxy groups -OCH3 is 1. The van der Waals surface area contributed by atoms with Crippen LogP contribution in [0.4, 0.5) is 0 Å². The van der Waals surface area contributed by atoms with Crippen molar-refractivity contribution in [1.82, 2.24) is 20.2 Å². The van der Waals surface area contributed by atoms with E-state index in [4.69, 9.17) is 4.74 Å². The molecule has 1 aromatic carbocycles. The number of aromatic nitrogens is 2. The van der Waals surface area contributed by atoms with Crippen LogP contribution in [0.5, 0.6) is 5.75 Å². The summed E-state index contributed by atoms with van der Waals surface area (Å²) in [5, 5.41) is 6.50. The van der Waals surface area contributed by atoms with E-state index < -0.39 is 0 Å². The van der Waals surface area contributed by atoms with Gasteiger partial charge in [0.05, 0.1) is 7.11 Å². The molecule has 1 aliphatic rings. The second kappa shape index (κ2) is 10.4. The molecule has 2 aromatic rings. The molecule has 26 heavy (non-hydrogen) atoms. The van der Waals surface area contributed by atoms with Crippen LogP contribution in [0.3, 0.4) is 0 Å². The van der Waals surface area contributed by atoms with Crippen LogP contribution >= 0.6 is 24.8 Å². The van der Waals surface area contributed by atoms with E-state index >= 15 is 0 Å². The van der Waals surface area contributed by atoms with Crippen molar-refractivity contribution in [2.45, 2.75) is 31.3 Å². The minimum absolute atomic E-state index is 0. The first-order valence-electron chi connectivity index (χ1n) is 8.31. The monoisotopic (exact) mass is 400 g/mol. The topological polar surface area (TPSA) is 68.2 Å². The Bertz CT molecular complexity index is 685. The molecule has 2 unspecified atom stereocenters. The van der Waals surface area contributed by atoms with E-state index in [9.17, 15) is 4.79 Å². The van der Waals surface area contributed by atoms with Crippen molar-refractivity contribution in [3.63, 3.8) is 0 Å². The largest absolute Gasteiger partial charge is 0.497 e. The lowest BCUT2D eigenvalue weighted by Gasteiger charge is -2.20. The fraction of sp³-hybridized carbons (Fsp3) is 0.444. The molecule has 1 aliphatic heterocycles. The Labute approximate surface area is 166 Å². The summed E-state index contributed by atoms with van der Waals surface area (Å²) in [5.74, 6) is 1.64. The third kappa shape index (κ3) is 5.37. The molecule has 144 valence electrons. The number of rotatable bonds is 6. The van der Waals surface area contributed by atoms with E-state index in [-0.39, 0.29) is 42.8 Å². The molecular weight excluding hydrogens is 375 g/mol. The first kappa shape index (κ1) is 22.3. The maximum Gasteiger partial charge on any atom is 0.222 e. The molecule has 0 spiro atoms. The lowest BCUT2D eigenvalue weighted by atomic mass is 10.0. The van der Waals surface area contributed by atoms with Gasteiger partial charge in [0.15, 0.2) is 0 Å². The highest BCUT2D eigenvalue weighted by atomic mass is 35.5. The van der Waals surface area contributed by atoms with Gasteiger partial charge in [0, 0.05) is 31.9 Å². The maximum absolute atomic E-state index is 12.5. The van der Waals surface area contributed by atoms with Crippen LogP contribution < -0.4 is 15.4 Å². The van der Waals surface area contributed by atoms with Crippen molar-refractivity contribution >= 4 is 30.7 Å².